The molecule has 0 aliphatic heterocycles. The molecule has 0 nitrogen and oxygen atoms in total. The van der Waals surface area contributed by atoms with E-state index in [0.717, 1.165) is 0 Å². The average Bonchev–Trinajstić information content (AvgIpc) is 2.78. The summed E-state index contributed by atoms with van der Waals surface area (Å²) in [5.41, 5.74) is 3.05. The van der Waals surface area contributed by atoms with Crippen LogP contribution in [0.1, 0.15) is 0 Å². The van der Waals surface area contributed by atoms with E-state index in [4.69, 9.17) is 0 Å². The number of rotatable bonds is 2. The third-order valence-electron chi connectivity index (χ3n) is 2.77. The smallest absolute Gasteiger partial charge is 0.0618 e. The molecule has 1 heteroatoms. The molecule has 66 valence electrons. The van der Waals surface area contributed by atoms with Crippen molar-refractivity contribution in [2.75, 3.05) is 0 Å². The van der Waals surface area contributed by atoms with E-state index in [9.17, 15) is 0 Å². The lowest BCUT2D eigenvalue weighted by atomic mass is 10.3. The Morgan fingerprint density at radius 1 is 0.692 bits per heavy atom. The summed E-state index contributed by atoms with van der Waals surface area (Å²) in [5, 5.41) is 0. The van der Waals surface area contributed by atoms with Gasteiger partial charge in [0, 0.05) is 0 Å². The van der Waals surface area contributed by atoms with Crippen LogP contribution in [0, 0.1) is 62.4 Å². The van der Waals surface area contributed by atoms with Crippen molar-refractivity contribution in [1.82, 2.24) is 0 Å². The van der Waals surface area contributed by atoms with Crippen molar-refractivity contribution in [3.8, 4) is 0 Å². The summed E-state index contributed by atoms with van der Waals surface area (Å²) < 4.78 is 0. The Kier molecular flexibility index (Phi) is 2.82. The third kappa shape index (κ3) is 1.86. The molecule has 2 saturated carbocycles. The summed E-state index contributed by atoms with van der Waals surface area (Å²) in [4.78, 5) is 0. The lowest BCUT2D eigenvalue weighted by Gasteiger charge is -2.34. The standard InChI is InChI=1S/C12H14Si/c1-13(2,11-7-3-4-8-11)12-9-5-6-10-12/h3-10H,1-2H3. The first-order chi connectivity index (χ1) is 6.21. The van der Waals surface area contributed by atoms with Gasteiger partial charge in [0.05, 0.1) is 8.07 Å². The Morgan fingerprint density at radius 3 is 1.31 bits per heavy atom. The first-order valence-electron chi connectivity index (χ1n) is 4.65. The highest BCUT2D eigenvalue weighted by molar-refractivity contribution is 6.89. The van der Waals surface area contributed by atoms with E-state index in [2.05, 4.69) is 64.5 Å². The molecule has 0 atom stereocenters. The molecule has 0 heterocycles. The average molecular weight is 186 g/mol. The van der Waals surface area contributed by atoms with Gasteiger partial charge in [0.1, 0.15) is 0 Å². The van der Waals surface area contributed by atoms with Gasteiger partial charge < -0.3 is 0 Å². The summed E-state index contributed by atoms with van der Waals surface area (Å²) in [7, 11) is -1.35. The molecule has 2 rings (SSSR count). The maximum Gasteiger partial charge on any atom is 0.0618 e. The highest BCUT2D eigenvalue weighted by Crippen LogP contribution is 2.42. The minimum Gasteiger partial charge on any atom is -0.0685 e. The van der Waals surface area contributed by atoms with Gasteiger partial charge in [0.25, 0.3) is 0 Å². The fraction of sp³-hybridized carbons (Fsp3) is 0.167. The largest absolute Gasteiger partial charge is 0.0685 e. The van der Waals surface area contributed by atoms with Gasteiger partial charge >= 0.3 is 0 Å². The lowest BCUT2D eigenvalue weighted by molar-refractivity contribution is 1.32. The number of hydrogen-bond acceptors (Lipinski definition) is 0. The van der Waals surface area contributed by atoms with Crippen LogP contribution in [-0.2, 0) is 0 Å². The van der Waals surface area contributed by atoms with Crippen LogP contribution in [0.25, 0.3) is 0 Å². The Labute approximate surface area is 84.1 Å². The van der Waals surface area contributed by atoms with Crippen LogP contribution in [0.4, 0.5) is 0 Å². The fourth-order valence-corrected chi connectivity index (χ4v) is 4.13. The van der Waals surface area contributed by atoms with Gasteiger partial charge in [-0.2, -0.15) is 0 Å². The van der Waals surface area contributed by atoms with Crippen molar-refractivity contribution < 1.29 is 0 Å². The Bertz CT molecular complexity index is 144. The van der Waals surface area contributed by atoms with Gasteiger partial charge in [0.15, 0.2) is 0 Å². The SMILES string of the molecule is C[Si](C)([C]1[CH][CH][CH][CH]1)[C]1[CH][CH][CH][CH]1. The molecule has 0 aromatic carbocycles. The molecule has 2 fully saturated rings. The predicted octanol–water partition coefficient (Wildman–Crippen LogP) is 2.58. The van der Waals surface area contributed by atoms with Crippen LogP contribution in [0.15, 0.2) is 0 Å². The molecule has 0 spiro atoms. The molecule has 2 aliphatic rings. The van der Waals surface area contributed by atoms with Crippen molar-refractivity contribution in [3.05, 3.63) is 62.4 Å². The molecule has 10 radical (unpaired) electrons. The van der Waals surface area contributed by atoms with Gasteiger partial charge in [-0.1, -0.05) is 13.1 Å². The Morgan fingerprint density at radius 2 is 1.00 bits per heavy atom. The number of hydrogen-bond donors (Lipinski definition) is 0. The van der Waals surface area contributed by atoms with Crippen molar-refractivity contribution in [2.24, 2.45) is 0 Å². The molecule has 0 amide bonds. The van der Waals surface area contributed by atoms with E-state index < -0.39 is 8.07 Å². The van der Waals surface area contributed by atoms with Crippen molar-refractivity contribution in [2.45, 2.75) is 13.1 Å². The third-order valence-corrected chi connectivity index (χ3v) is 6.32. The van der Waals surface area contributed by atoms with Crippen LogP contribution in [0.2, 0.25) is 13.1 Å². The summed E-state index contributed by atoms with van der Waals surface area (Å²) >= 11 is 0. The van der Waals surface area contributed by atoms with E-state index in [0.29, 0.717) is 0 Å². The minimum absolute atomic E-state index is 1.35. The summed E-state index contributed by atoms with van der Waals surface area (Å²) in [5.74, 6) is 0. The maximum absolute atomic E-state index is 2.40. The minimum atomic E-state index is -1.35. The van der Waals surface area contributed by atoms with E-state index in [1.807, 2.05) is 0 Å². The van der Waals surface area contributed by atoms with E-state index in [-0.39, 0.29) is 0 Å². The predicted molar refractivity (Wildman–Crippen MR) is 58.4 cm³/mol. The van der Waals surface area contributed by atoms with Gasteiger partial charge in [-0.25, -0.2) is 0 Å². The molecular weight excluding hydrogens is 172 g/mol. The summed E-state index contributed by atoms with van der Waals surface area (Å²) in [6.07, 6.45) is 17.5. The summed E-state index contributed by atoms with van der Waals surface area (Å²) in [6.45, 7) is 4.80. The molecule has 2 aliphatic carbocycles. The molecule has 0 unspecified atom stereocenters. The monoisotopic (exact) mass is 186 g/mol. The maximum atomic E-state index is 2.40. The zero-order valence-electron chi connectivity index (χ0n) is 8.12. The van der Waals surface area contributed by atoms with E-state index in [1.165, 1.54) is 11.1 Å². The van der Waals surface area contributed by atoms with Crippen molar-refractivity contribution in [1.29, 1.82) is 0 Å². The molecular formula is C12H14Si. The molecule has 0 aromatic rings. The Balaban J connectivity index is 1.99. The fourth-order valence-electron chi connectivity index (χ4n) is 1.75. The van der Waals surface area contributed by atoms with Crippen LogP contribution < -0.4 is 0 Å². The van der Waals surface area contributed by atoms with Gasteiger partial charge in [-0.15, -0.1) is 0 Å². The second kappa shape index (κ2) is 3.76. The lowest BCUT2D eigenvalue weighted by Crippen LogP contribution is -2.41. The van der Waals surface area contributed by atoms with Gasteiger partial charge in [-0.05, 0) is 62.4 Å². The van der Waals surface area contributed by atoms with Gasteiger partial charge in [-0.3, -0.25) is 0 Å². The van der Waals surface area contributed by atoms with Crippen molar-refractivity contribution >= 4 is 8.07 Å². The van der Waals surface area contributed by atoms with Crippen LogP contribution >= 0.6 is 0 Å². The van der Waals surface area contributed by atoms with Crippen molar-refractivity contribution in [3.63, 3.8) is 0 Å². The first kappa shape index (κ1) is 9.76. The van der Waals surface area contributed by atoms with E-state index >= 15 is 0 Å². The normalized spacial score (nSPS) is 27.2. The second-order valence-corrected chi connectivity index (χ2v) is 8.38. The quantitative estimate of drug-likeness (QED) is 0.581. The Hall–Kier alpha value is 0.217. The zero-order valence-corrected chi connectivity index (χ0v) is 9.12. The topological polar surface area (TPSA) is 0 Å². The van der Waals surface area contributed by atoms with Crippen LogP contribution in [0.3, 0.4) is 0 Å². The molecule has 0 saturated heterocycles. The molecule has 0 bridgehead atoms. The van der Waals surface area contributed by atoms with Crippen LogP contribution in [0.5, 0.6) is 0 Å². The molecule has 13 heavy (non-hydrogen) atoms. The van der Waals surface area contributed by atoms with Gasteiger partial charge in [0.2, 0.25) is 0 Å². The highest BCUT2D eigenvalue weighted by Gasteiger charge is 2.42. The second-order valence-electron chi connectivity index (χ2n) is 3.97. The van der Waals surface area contributed by atoms with E-state index in [1.54, 1.807) is 0 Å². The zero-order chi connectivity index (χ0) is 9.31. The first-order valence-corrected chi connectivity index (χ1v) is 7.65. The molecule has 0 N–H and O–H groups in total. The highest BCUT2D eigenvalue weighted by atomic mass is 28.3. The molecule has 0 aromatic heterocycles. The summed E-state index contributed by atoms with van der Waals surface area (Å²) in [6, 6.07) is 0. The van der Waals surface area contributed by atoms with Crippen LogP contribution in [-0.4, -0.2) is 8.07 Å².